The second-order valence-electron chi connectivity index (χ2n) is 4.37. The van der Waals surface area contributed by atoms with E-state index in [1.54, 1.807) is 11.3 Å². The number of thiazole rings is 1. The average molecular weight is 226 g/mol. The quantitative estimate of drug-likeness (QED) is 0.853. The van der Waals surface area contributed by atoms with Gasteiger partial charge in [0.1, 0.15) is 0 Å². The van der Waals surface area contributed by atoms with Crippen molar-refractivity contribution in [3.05, 3.63) is 16.6 Å². The summed E-state index contributed by atoms with van der Waals surface area (Å²) in [5.41, 5.74) is 1.88. The molecular weight excluding hydrogens is 208 g/mol. The van der Waals surface area contributed by atoms with Gasteiger partial charge in [0.15, 0.2) is 0 Å². The lowest BCUT2D eigenvalue weighted by Gasteiger charge is -2.37. The van der Waals surface area contributed by atoms with Gasteiger partial charge in [0, 0.05) is 36.8 Å². The van der Waals surface area contributed by atoms with E-state index >= 15 is 0 Å². The monoisotopic (exact) mass is 226 g/mol. The van der Waals surface area contributed by atoms with Crippen LogP contribution in [0, 0.1) is 5.92 Å². The summed E-state index contributed by atoms with van der Waals surface area (Å²) in [7, 11) is 0. The van der Waals surface area contributed by atoms with Crippen LogP contribution in [0.5, 0.6) is 0 Å². The molecule has 1 aliphatic rings. The van der Waals surface area contributed by atoms with Gasteiger partial charge in [-0.2, -0.15) is 0 Å². The van der Waals surface area contributed by atoms with E-state index in [-0.39, 0.29) is 0 Å². The topological polar surface area (TPSA) is 36.4 Å². The minimum atomic E-state index is 0.325. The molecule has 4 heteroatoms. The summed E-state index contributed by atoms with van der Waals surface area (Å²) in [5, 5.41) is 9.18. The summed E-state index contributed by atoms with van der Waals surface area (Å²) in [6, 6.07) is 0.634. The van der Waals surface area contributed by atoms with E-state index in [4.69, 9.17) is 0 Å². The maximum Gasteiger partial charge on any atom is 0.0794 e. The van der Waals surface area contributed by atoms with Crippen LogP contribution in [0.15, 0.2) is 11.7 Å². The summed E-state index contributed by atoms with van der Waals surface area (Å²) in [5.74, 6) is 0.467. The second-order valence-corrected chi connectivity index (χ2v) is 5.34. The van der Waals surface area contributed by atoms with Gasteiger partial charge in [-0.3, -0.25) is 9.88 Å². The second kappa shape index (κ2) is 5.05. The third-order valence-corrected chi connectivity index (χ3v) is 3.97. The van der Waals surface area contributed by atoms with E-state index in [1.165, 1.54) is 11.3 Å². The molecule has 1 fully saturated rings. The molecule has 1 aromatic rings. The van der Waals surface area contributed by atoms with Crippen molar-refractivity contribution in [2.45, 2.75) is 32.4 Å². The molecule has 15 heavy (non-hydrogen) atoms. The van der Waals surface area contributed by atoms with Crippen LogP contribution in [-0.4, -0.2) is 34.2 Å². The molecule has 0 aliphatic carbocycles. The fraction of sp³-hybridized carbons (Fsp3) is 0.727. The molecule has 2 heterocycles. The molecule has 84 valence electrons. The van der Waals surface area contributed by atoms with Gasteiger partial charge in [-0.15, -0.1) is 11.3 Å². The Morgan fingerprint density at radius 3 is 3.13 bits per heavy atom. The summed E-state index contributed by atoms with van der Waals surface area (Å²) in [6.07, 6.45) is 4.31. The standard InChI is InChI=1S/C11H18N2OS/c1-9-2-3-10(7-14)5-13(9)6-11-4-12-8-15-11/h4,8-10,14H,2-3,5-7H2,1H3. The van der Waals surface area contributed by atoms with Crippen molar-refractivity contribution < 1.29 is 5.11 Å². The van der Waals surface area contributed by atoms with E-state index < -0.39 is 0 Å². The van der Waals surface area contributed by atoms with Gasteiger partial charge >= 0.3 is 0 Å². The number of nitrogens with zero attached hydrogens (tertiary/aromatic N) is 2. The minimum Gasteiger partial charge on any atom is -0.396 e. The zero-order valence-corrected chi connectivity index (χ0v) is 9.91. The summed E-state index contributed by atoms with van der Waals surface area (Å²) in [6.45, 7) is 4.61. The number of hydrogen-bond donors (Lipinski definition) is 1. The molecule has 0 bridgehead atoms. The van der Waals surface area contributed by atoms with E-state index in [0.29, 0.717) is 18.6 Å². The largest absolute Gasteiger partial charge is 0.396 e. The number of aliphatic hydroxyl groups is 1. The molecule has 2 atom stereocenters. The first kappa shape index (κ1) is 11.0. The lowest BCUT2D eigenvalue weighted by atomic mass is 9.94. The third kappa shape index (κ3) is 2.77. The Morgan fingerprint density at radius 1 is 1.60 bits per heavy atom. The van der Waals surface area contributed by atoms with E-state index in [2.05, 4.69) is 16.8 Å². The van der Waals surface area contributed by atoms with Crippen LogP contribution in [-0.2, 0) is 6.54 Å². The molecule has 0 spiro atoms. The lowest BCUT2D eigenvalue weighted by molar-refractivity contribution is 0.0779. The van der Waals surface area contributed by atoms with Crippen LogP contribution < -0.4 is 0 Å². The van der Waals surface area contributed by atoms with Crippen LogP contribution in [0.1, 0.15) is 24.6 Å². The molecular formula is C11H18N2OS. The molecule has 0 amide bonds. The smallest absolute Gasteiger partial charge is 0.0794 e. The van der Waals surface area contributed by atoms with E-state index in [0.717, 1.165) is 19.5 Å². The average Bonchev–Trinajstić information content (AvgIpc) is 2.74. The maximum atomic E-state index is 9.18. The molecule has 0 radical (unpaired) electrons. The Labute approximate surface area is 94.8 Å². The number of rotatable bonds is 3. The summed E-state index contributed by atoms with van der Waals surface area (Å²) >= 11 is 1.71. The normalized spacial score (nSPS) is 28.1. The molecule has 2 rings (SSSR count). The number of likely N-dealkylation sites (tertiary alicyclic amines) is 1. The Bertz CT molecular complexity index is 289. The van der Waals surface area contributed by atoms with Gasteiger partial charge in [-0.25, -0.2) is 0 Å². The highest BCUT2D eigenvalue weighted by molar-refractivity contribution is 7.09. The zero-order chi connectivity index (χ0) is 10.7. The molecule has 0 saturated carbocycles. The summed E-state index contributed by atoms with van der Waals surface area (Å²) in [4.78, 5) is 7.87. The van der Waals surface area contributed by atoms with Crippen LogP contribution in [0.25, 0.3) is 0 Å². The van der Waals surface area contributed by atoms with Crippen molar-refractivity contribution in [2.75, 3.05) is 13.2 Å². The van der Waals surface area contributed by atoms with E-state index in [1.807, 2.05) is 11.7 Å². The van der Waals surface area contributed by atoms with Crippen molar-refractivity contribution in [1.82, 2.24) is 9.88 Å². The molecule has 0 aromatic carbocycles. The molecule has 1 N–H and O–H groups in total. The Hall–Kier alpha value is -0.450. The number of hydrogen-bond acceptors (Lipinski definition) is 4. The molecule has 2 unspecified atom stereocenters. The Balaban J connectivity index is 1.94. The molecule has 1 saturated heterocycles. The Morgan fingerprint density at radius 2 is 2.47 bits per heavy atom. The summed E-state index contributed by atoms with van der Waals surface area (Å²) < 4.78 is 0. The van der Waals surface area contributed by atoms with Gasteiger partial charge in [0.2, 0.25) is 0 Å². The number of aromatic nitrogens is 1. The number of aliphatic hydroxyl groups excluding tert-OH is 1. The van der Waals surface area contributed by atoms with Crippen LogP contribution in [0.4, 0.5) is 0 Å². The van der Waals surface area contributed by atoms with Crippen LogP contribution >= 0.6 is 11.3 Å². The van der Waals surface area contributed by atoms with Gasteiger partial charge in [-0.1, -0.05) is 0 Å². The van der Waals surface area contributed by atoms with Crippen molar-refractivity contribution in [3.8, 4) is 0 Å². The van der Waals surface area contributed by atoms with Crippen molar-refractivity contribution in [3.63, 3.8) is 0 Å². The Kier molecular flexibility index (Phi) is 3.72. The third-order valence-electron chi connectivity index (χ3n) is 3.21. The van der Waals surface area contributed by atoms with E-state index in [9.17, 15) is 5.11 Å². The van der Waals surface area contributed by atoms with Crippen LogP contribution in [0.2, 0.25) is 0 Å². The fourth-order valence-corrected chi connectivity index (χ4v) is 2.77. The lowest BCUT2D eigenvalue weighted by Crippen LogP contribution is -2.42. The van der Waals surface area contributed by atoms with Crippen LogP contribution in [0.3, 0.4) is 0 Å². The SMILES string of the molecule is CC1CCC(CO)CN1Cc1cncs1. The molecule has 3 nitrogen and oxygen atoms in total. The van der Waals surface area contributed by atoms with Crippen molar-refractivity contribution in [2.24, 2.45) is 5.92 Å². The highest BCUT2D eigenvalue weighted by atomic mass is 32.1. The van der Waals surface area contributed by atoms with Gasteiger partial charge in [-0.05, 0) is 25.7 Å². The van der Waals surface area contributed by atoms with Gasteiger partial charge < -0.3 is 5.11 Å². The first-order chi connectivity index (χ1) is 7.29. The molecule has 1 aliphatic heterocycles. The minimum absolute atomic E-state index is 0.325. The van der Waals surface area contributed by atoms with Crippen molar-refractivity contribution >= 4 is 11.3 Å². The highest BCUT2D eigenvalue weighted by Crippen LogP contribution is 2.24. The molecule has 1 aromatic heterocycles. The first-order valence-corrected chi connectivity index (χ1v) is 6.40. The maximum absolute atomic E-state index is 9.18. The predicted molar refractivity (Wildman–Crippen MR) is 61.8 cm³/mol. The zero-order valence-electron chi connectivity index (χ0n) is 9.09. The van der Waals surface area contributed by atoms with Crippen molar-refractivity contribution in [1.29, 1.82) is 0 Å². The fourth-order valence-electron chi connectivity index (χ4n) is 2.15. The van der Waals surface area contributed by atoms with Gasteiger partial charge in [0.25, 0.3) is 0 Å². The van der Waals surface area contributed by atoms with Gasteiger partial charge in [0.05, 0.1) is 5.51 Å². The number of piperidine rings is 1. The first-order valence-electron chi connectivity index (χ1n) is 5.52. The highest BCUT2D eigenvalue weighted by Gasteiger charge is 2.24. The predicted octanol–water partition coefficient (Wildman–Crippen LogP) is 1.74.